The molecular weight excluding hydrogens is 332 g/mol. The van der Waals surface area contributed by atoms with Crippen LogP contribution in [0.4, 0.5) is 0 Å². The Labute approximate surface area is 150 Å². The highest BCUT2D eigenvalue weighted by molar-refractivity contribution is 8.14. The van der Waals surface area contributed by atoms with Crippen molar-refractivity contribution in [3.05, 3.63) is 58.4 Å². The van der Waals surface area contributed by atoms with Crippen LogP contribution in [-0.4, -0.2) is 10.4 Å². The molecule has 0 spiro atoms. The quantitative estimate of drug-likeness (QED) is 0.591. The summed E-state index contributed by atoms with van der Waals surface area (Å²) in [5.74, 6) is 1.06. The zero-order chi connectivity index (χ0) is 17.4. The zero-order valence-corrected chi connectivity index (χ0v) is 15.0. The van der Waals surface area contributed by atoms with Gasteiger partial charge in [-0.25, -0.2) is 0 Å². The lowest BCUT2D eigenvalue weighted by Gasteiger charge is -2.26. The molecule has 0 atom stereocenters. The van der Waals surface area contributed by atoms with Gasteiger partial charge in [0.15, 0.2) is 10.5 Å². The highest BCUT2D eigenvalue weighted by Gasteiger charge is 2.26. The SMILES string of the molecule is CC(=O)SC1CCC(c2cc(=O)c3ccc4ccccc4c3o2)CC1. The Morgan fingerprint density at radius 3 is 2.56 bits per heavy atom. The van der Waals surface area contributed by atoms with Crippen molar-refractivity contribution in [2.24, 2.45) is 0 Å². The maximum absolute atomic E-state index is 12.6. The molecule has 0 radical (unpaired) electrons. The van der Waals surface area contributed by atoms with Crippen LogP contribution in [0.3, 0.4) is 0 Å². The minimum atomic E-state index is 0.0298. The van der Waals surface area contributed by atoms with Crippen molar-refractivity contribution in [2.75, 3.05) is 0 Å². The molecule has 0 aliphatic heterocycles. The first-order valence-corrected chi connectivity index (χ1v) is 9.62. The summed E-state index contributed by atoms with van der Waals surface area (Å²) in [6.45, 7) is 1.63. The lowest BCUT2D eigenvalue weighted by Crippen LogP contribution is -2.17. The van der Waals surface area contributed by atoms with Crippen molar-refractivity contribution in [1.82, 2.24) is 0 Å². The first-order valence-electron chi connectivity index (χ1n) is 8.74. The minimum Gasteiger partial charge on any atom is -0.460 e. The predicted molar refractivity (Wildman–Crippen MR) is 103 cm³/mol. The smallest absolute Gasteiger partial charge is 0.192 e. The summed E-state index contributed by atoms with van der Waals surface area (Å²) >= 11 is 1.45. The third-order valence-electron chi connectivity index (χ3n) is 5.05. The zero-order valence-electron chi connectivity index (χ0n) is 14.2. The van der Waals surface area contributed by atoms with Crippen molar-refractivity contribution in [1.29, 1.82) is 0 Å². The number of benzene rings is 2. The Balaban J connectivity index is 1.70. The van der Waals surface area contributed by atoms with Crippen molar-refractivity contribution >= 4 is 38.6 Å². The van der Waals surface area contributed by atoms with Crippen LogP contribution in [0.15, 0.2) is 51.7 Å². The molecule has 128 valence electrons. The minimum absolute atomic E-state index is 0.0298. The van der Waals surface area contributed by atoms with E-state index in [4.69, 9.17) is 4.42 Å². The van der Waals surface area contributed by atoms with Crippen LogP contribution in [0.1, 0.15) is 44.3 Å². The van der Waals surface area contributed by atoms with Crippen molar-refractivity contribution in [3.8, 4) is 0 Å². The molecule has 4 heteroatoms. The molecule has 4 rings (SSSR count). The monoisotopic (exact) mass is 352 g/mol. The third kappa shape index (κ3) is 3.23. The number of carbonyl (C=O) groups excluding carboxylic acids is 1. The fourth-order valence-corrected chi connectivity index (χ4v) is 4.78. The van der Waals surface area contributed by atoms with Gasteiger partial charge in [-0.2, -0.15) is 0 Å². The van der Waals surface area contributed by atoms with Crippen molar-refractivity contribution in [3.63, 3.8) is 0 Å². The normalized spacial score (nSPS) is 20.8. The summed E-state index contributed by atoms with van der Waals surface area (Å²) in [6.07, 6.45) is 3.91. The van der Waals surface area contributed by atoms with Crippen molar-refractivity contribution in [2.45, 2.75) is 43.8 Å². The number of rotatable bonds is 2. The molecule has 1 aliphatic carbocycles. The number of hydrogen-bond acceptors (Lipinski definition) is 4. The number of carbonyl (C=O) groups is 1. The molecule has 1 aliphatic rings. The molecule has 0 N–H and O–H groups in total. The van der Waals surface area contributed by atoms with E-state index in [1.54, 1.807) is 13.0 Å². The van der Waals surface area contributed by atoms with Crippen LogP contribution in [0, 0.1) is 0 Å². The van der Waals surface area contributed by atoms with Crippen LogP contribution < -0.4 is 5.43 Å². The summed E-state index contributed by atoms with van der Waals surface area (Å²) in [7, 11) is 0. The van der Waals surface area contributed by atoms with E-state index in [9.17, 15) is 9.59 Å². The van der Waals surface area contributed by atoms with Gasteiger partial charge in [0.25, 0.3) is 0 Å². The van der Waals surface area contributed by atoms with Gasteiger partial charge in [-0.05, 0) is 37.1 Å². The predicted octanol–water partition coefficient (Wildman–Crippen LogP) is 5.25. The van der Waals surface area contributed by atoms with Crippen LogP contribution in [0.5, 0.6) is 0 Å². The van der Waals surface area contributed by atoms with E-state index in [1.807, 2.05) is 36.4 Å². The summed E-state index contributed by atoms with van der Waals surface area (Å²) in [6, 6.07) is 13.5. The van der Waals surface area contributed by atoms with Gasteiger partial charge < -0.3 is 4.42 Å². The average Bonchev–Trinajstić information content (AvgIpc) is 2.61. The Morgan fingerprint density at radius 2 is 1.80 bits per heavy atom. The fourth-order valence-electron chi connectivity index (χ4n) is 3.80. The molecule has 1 heterocycles. The standard InChI is InChI=1S/C21H20O3S/c1-13(22)25-16-9-6-15(7-10-16)20-12-19(23)18-11-8-14-4-2-3-5-17(14)21(18)24-20/h2-5,8,11-12,15-16H,6-7,9-10H2,1H3. The molecule has 0 unspecified atom stereocenters. The van der Waals surface area contributed by atoms with Gasteiger partial charge in [0.05, 0.1) is 5.39 Å². The van der Waals surface area contributed by atoms with Crippen molar-refractivity contribution < 1.29 is 9.21 Å². The van der Waals surface area contributed by atoms with Crippen LogP contribution >= 0.6 is 11.8 Å². The maximum atomic E-state index is 12.6. The van der Waals surface area contributed by atoms with Gasteiger partial charge in [-0.1, -0.05) is 42.1 Å². The molecule has 3 nitrogen and oxygen atoms in total. The topological polar surface area (TPSA) is 47.3 Å². The van der Waals surface area contributed by atoms with Gasteiger partial charge in [-0.15, -0.1) is 0 Å². The Morgan fingerprint density at radius 1 is 1.04 bits per heavy atom. The van der Waals surface area contributed by atoms with E-state index < -0.39 is 0 Å². The summed E-state index contributed by atoms with van der Waals surface area (Å²) in [5.41, 5.74) is 0.725. The molecule has 1 fully saturated rings. The summed E-state index contributed by atoms with van der Waals surface area (Å²) in [4.78, 5) is 23.9. The molecule has 0 bridgehead atoms. The average molecular weight is 352 g/mol. The van der Waals surface area contributed by atoms with E-state index in [2.05, 4.69) is 0 Å². The van der Waals surface area contributed by atoms with Gasteiger partial charge in [-0.3, -0.25) is 9.59 Å². The number of thioether (sulfide) groups is 1. The number of fused-ring (bicyclic) bond motifs is 3. The van der Waals surface area contributed by atoms with Gasteiger partial charge in [0, 0.05) is 29.5 Å². The Kier molecular flexibility index (Phi) is 4.38. The molecule has 1 aromatic heterocycles. The van der Waals surface area contributed by atoms with Crippen LogP contribution in [-0.2, 0) is 4.79 Å². The van der Waals surface area contributed by atoms with E-state index in [0.29, 0.717) is 16.2 Å². The van der Waals surface area contributed by atoms with E-state index >= 15 is 0 Å². The molecule has 3 aromatic rings. The first kappa shape index (κ1) is 16.4. The fraction of sp³-hybridized carbons (Fsp3) is 0.333. The largest absolute Gasteiger partial charge is 0.460 e. The van der Waals surface area contributed by atoms with Crippen LogP contribution in [0.25, 0.3) is 21.7 Å². The first-order chi connectivity index (χ1) is 12.1. The van der Waals surface area contributed by atoms with Gasteiger partial charge in [0.1, 0.15) is 11.3 Å². The second kappa shape index (κ2) is 6.68. The lowest BCUT2D eigenvalue weighted by molar-refractivity contribution is -0.109. The summed E-state index contributed by atoms with van der Waals surface area (Å²) in [5, 5.41) is 3.30. The van der Waals surface area contributed by atoms with Crippen LogP contribution in [0.2, 0.25) is 0 Å². The Hall–Kier alpha value is -2.07. The van der Waals surface area contributed by atoms with E-state index in [1.165, 1.54) is 11.8 Å². The van der Waals surface area contributed by atoms with Gasteiger partial charge >= 0.3 is 0 Å². The molecule has 0 saturated heterocycles. The molecule has 25 heavy (non-hydrogen) atoms. The van der Waals surface area contributed by atoms with E-state index in [-0.39, 0.29) is 16.5 Å². The highest BCUT2D eigenvalue weighted by Crippen LogP contribution is 2.38. The maximum Gasteiger partial charge on any atom is 0.192 e. The lowest BCUT2D eigenvalue weighted by atomic mass is 9.87. The molecule has 1 saturated carbocycles. The second-order valence-corrected chi connectivity index (χ2v) is 8.24. The molecule has 0 amide bonds. The van der Waals surface area contributed by atoms with Gasteiger partial charge in [0.2, 0.25) is 0 Å². The highest BCUT2D eigenvalue weighted by atomic mass is 32.2. The molecule has 2 aromatic carbocycles. The number of hydrogen-bond donors (Lipinski definition) is 0. The second-order valence-electron chi connectivity index (χ2n) is 6.76. The third-order valence-corrected chi connectivity index (χ3v) is 6.18. The molecular formula is C21H20O3S. The summed E-state index contributed by atoms with van der Waals surface area (Å²) < 4.78 is 6.24. The van der Waals surface area contributed by atoms with E-state index in [0.717, 1.165) is 42.2 Å². The Bertz CT molecular complexity index is 997.